The van der Waals surface area contributed by atoms with Gasteiger partial charge in [-0.05, 0) is 12.1 Å². The molecular weight excluding hydrogens is 289 g/mol. The molecule has 0 radical (unpaired) electrons. The van der Waals surface area contributed by atoms with Crippen molar-refractivity contribution in [1.29, 1.82) is 5.26 Å². The molecule has 0 saturated carbocycles. The van der Waals surface area contributed by atoms with Crippen LogP contribution in [0, 0.1) is 11.3 Å². The molecule has 0 N–H and O–H groups in total. The van der Waals surface area contributed by atoms with Crippen LogP contribution in [0.1, 0.15) is 27.9 Å². The monoisotopic (exact) mass is 295 g/mol. The van der Waals surface area contributed by atoms with Crippen molar-refractivity contribution in [2.75, 3.05) is 7.11 Å². The predicted molar refractivity (Wildman–Crippen MR) is 54.1 cm³/mol. The van der Waals surface area contributed by atoms with Gasteiger partial charge in [-0.25, -0.2) is 13.6 Å². The number of rotatable bonds is 3. The topological polar surface area (TPSA) is 59.3 Å². The molecule has 1 aromatic rings. The van der Waals surface area contributed by atoms with Crippen molar-refractivity contribution in [3.8, 4) is 11.8 Å². The molecule has 0 atom stereocenters. The number of ether oxygens (including phenoxy) is 2. The molecule has 0 bridgehead atoms. The van der Waals surface area contributed by atoms with Crippen molar-refractivity contribution in [2.45, 2.75) is 12.8 Å². The molecule has 9 heteroatoms. The molecule has 1 rings (SSSR count). The van der Waals surface area contributed by atoms with E-state index in [1.807, 2.05) is 0 Å². The fraction of sp³-hybridized carbons (Fsp3) is 0.273. The Hall–Kier alpha value is -2.37. The summed E-state index contributed by atoms with van der Waals surface area (Å²) in [6.07, 6.45) is -8.30. The van der Waals surface area contributed by atoms with Crippen LogP contribution in [-0.2, 0) is 4.74 Å². The lowest BCUT2D eigenvalue weighted by atomic mass is 10.0. The van der Waals surface area contributed by atoms with E-state index in [9.17, 15) is 26.7 Å². The van der Waals surface area contributed by atoms with Gasteiger partial charge in [0.15, 0.2) is 0 Å². The van der Waals surface area contributed by atoms with E-state index in [0.717, 1.165) is 7.11 Å². The number of methoxy groups -OCH3 is 1. The second kappa shape index (κ2) is 5.73. The number of benzene rings is 1. The van der Waals surface area contributed by atoms with Crippen LogP contribution in [0.15, 0.2) is 12.1 Å². The Bertz CT molecular complexity index is 562. The van der Waals surface area contributed by atoms with Gasteiger partial charge in [-0.3, -0.25) is 0 Å². The fourth-order valence-electron chi connectivity index (χ4n) is 1.42. The first-order valence-corrected chi connectivity index (χ1v) is 4.90. The van der Waals surface area contributed by atoms with Crippen molar-refractivity contribution >= 4 is 5.97 Å². The Morgan fingerprint density at radius 1 is 1.35 bits per heavy atom. The van der Waals surface area contributed by atoms with Crippen molar-refractivity contribution in [3.05, 3.63) is 28.8 Å². The van der Waals surface area contributed by atoms with Gasteiger partial charge in [-0.15, -0.1) is 13.2 Å². The molecule has 20 heavy (non-hydrogen) atoms. The zero-order chi connectivity index (χ0) is 15.5. The molecule has 0 unspecified atom stereocenters. The quantitative estimate of drug-likeness (QED) is 0.634. The zero-order valence-electron chi connectivity index (χ0n) is 9.79. The van der Waals surface area contributed by atoms with Gasteiger partial charge in [0.25, 0.3) is 6.43 Å². The second-order valence-corrected chi connectivity index (χ2v) is 3.35. The van der Waals surface area contributed by atoms with Gasteiger partial charge >= 0.3 is 12.3 Å². The first-order valence-electron chi connectivity index (χ1n) is 4.90. The van der Waals surface area contributed by atoms with Crippen molar-refractivity contribution < 1.29 is 36.2 Å². The number of nitrogens with zero attached hydrogens (tertiary/aromatic N) is 1. The maximum atomic E-state index is 12.7. The second-order valence-electron chi connectivity index (χ2n) is 3.35. The van der Waals surface area contributed by atoms with Gasteiger partial charge in [0.1, 0.15) is 17.4 Å². The molecular formula is C11H6F5NO3. The summed E-state index contributed by atoms with van der Waals surface area (Å²) in [5.41, 5.74) is -2.80. The van der Waals surface area contributed by atoms with Crippen LogP contribution in [0.4, 0.5) is 22.0 Å². The first kappa shape index (κ1) is 15.7. The number of halogens is 5. The maximum Gasteiger partial charge on any atom is 0.573 e. The smallest absolute Gasteiger partial charge is 0.465 e. The minimum atomic E-state index is -5.15. The maximum absolute atomic E-state index is 12.7. The Morgan fingerprint density at radius 2 is 1.95 bits per heavy atom. The van der Waals surface area contributed by atoms with Gasteiger partial charge in [-0.1, -0.05) is 0 Å². The van der Waals surface area contributed by atoms with E-state index in [0.29, 0.717) is 12.1 Å². The summed E-state index contributed by atoms with van der Waals surface area (Å²) in [7, 11) is 0.829. The molecule has 108 valence electrons. The first-order chi connectivity index (χ1) is 9.21. The van der Waals surface area contributed by atoms with Gasteiger partial charge < -0.3 is 9.47 Å². The molecule has 0 spiro atoms. The lowest BCUT2D eigenvalue weighted by Crippen LogP contribution is -2.20. The van der Waals surface area contributed by atoms with Crippen LogP contribution < -0.4 is 4.74 Å². The average Bonchev–Trinajstić information content (AvgIpc) is 2.34. The lowest BCUT2D eigenvalue weighted by Gasteiger charge is -2.15. The number of hydrogen-bond acceptors (Lipinski definition) is 4. The fourth-order valence-corrected chi connectivity index (χ4v) is 1.42. The van der Waals surface area contributed by atoms with E-state index in [-0.39, 0.29) is 0 Å². The minimum Gasteiger partial charge on any atom is -0.465 e. The third kappa shape index (κ3) is 3.34. The summed E-state index contributed by atoms with van der Waals surface area (Å²) in [5.74, 6) is -2.46. The summed E-state index contributed by atoms with van der Waals surface area (Å²) in [6, 6.07) is 2.37. The molecule has 0 aliphatic heterocycles. The van der Waals surface area contributed by atoms with Crippen LogP contribution in [-0.4, -0.2) is 19.4 Å². The van der Waals surface area contributed by atoms with E-state index >= 15 is 0 Å². The molecule has 0 aromatic heterocycles. The molecule has 0 fully saturated rings. The zero-order valence-corrected chi connectivity index (χ0v) is 9.79. The van der Waals surface area contributed by atoms with Gasteiger partial charge in [0.2, 0.25) is 0 Å². The summed E-state index contributed by atoms with van der Waals surface area (Å²) >= 11 is 0. The highest BCUT2D eigenvalue weighted by Crippen LogP contribution is 2.34. The third-order valence-corrected chi connectivity index (χ3v) is 2.16. The van der Waals surface area contributed by atoms with E-state index in [2.05, 4.69) is 9.47 Å². The Labute approximate surface area is 109 Å². The highest BCUT2D eigenvalue weighted by molar-refractivity contribution is 5.95. The Balaban J connectivity index is 3.55. The standard InChI is InChI=1S/C11H6F5NO3/c1-19-10(18)8-6(4-17)5(9(12)13)2-3-7(8)20-11(14,15)16/h2-3,9H,1H3. The highest BCUT2D eigenvalue weighted by Gasteiger charge is 2.35. The van der Waals surface area contributed by atoms with E-state index in [1.165, 1.54) is 6.07 Å². The van der Waals surface area contributed by atoms with Crippen LogP contribution in [0.3, 0.4) is 0 Å². The normalized spacial score (nSPS) is 11.1. The summed E-state index contributed by atoms with van der Waals surface area (Å²) in [6.45, 7) is 0. The molecule has 0 aliphatic carbocycles. The number of esters is 1. The SMILES string of the molecule is COC(=O)c1c(OC(F)(F)F)ccc(C(F)F)c1C#N. The average molecular weight is 295 g/mol. The molecule has 4 nitrogen and oxygen atoms in total. The molecule has 0 saturated heterocycles. The molecule has 0 aliphatic rings. The van der Waals surface area contributed by atoms with E-state index < -0.39 is 41.2 Å². The lowest BCUT2D eigenvalue weighted by molar-refractivity contribution is -0.274. The number of carbonyl (C=O) groups excluding carboxylic acids is 1. The van der Waals surface area contributed by atoms with E-state index in [4.69, 9.17) is 5.26 Å². The Kier molecular flexibility index (Phi) is 4.49. The molecule has 1 aromatic carbocycles. The van der Waals surface area contributed by atoms with Crippen molar-refractivity contribution in [2.24, 2.45) is 0 Å². The summed E-state index contributed by atoms with van der Waals surface area (Å²) in [4.78, 5) is 11.4. The third-order valence-electron chi connectivity index (χ3n) is 2.16. The number of alkyl halides is 5. The van der Waals surface area contributed by atoms with Gasteiger partial charge in [0, 0.05) is 5.56 Å². The number of nitriles is 1. The predicted octanol–water partition coefficient (Wildman–Crippen LogP) is 3.18. The van der Waals surface area contributed by atoms with Crippen LogP contribution in [0.2, 0.25) is 0 Å². The van der Waals surface area contributed by atoms with Crippen molar-refractivity contribution in [1.82, 2.24) is 0 Å². The van der Waals surface area contributed by atoms with Gasteiger partial charge in [0.05, 0.1) is 12.7 Å². The summed E-state index contributed by atoms with van der Waals surface area (Å²) in [5, 5.41) is 8.79. The number of carbonyl (C=O) groups is 1. The van der Waals surface area contributed by atoms with E-state index in [1.54, 1.807) is 0 Å². The molecule has 0 heterocycles. The number of hydrogen-bond donors (Lipinski definition) is 0. The Morgan fingerprint density at radius 3 is 2.35 bits per heavy atom. The minimum absolute atomic E-state index is 0.530. The summed E-state index contributed by atoms with van der Waals surface area (Å²) < 4.78 is 69.6. The van der Waals surface area contributed by atoms with Gasteiger partial charge in [-0.2, -0.15) is 5.26 Å². The van der Waals surface area contributed by atoms with Crippen molar-refractivity contribution in [3.63, 3.8) is 0 Å². The largest absolute Gasteiger partial charge is 0.573 e. The van der Waals surface area contributed by atoms with Crippen LogP contribution in [0.5, 0.6) is 5.75 Å². The van der Waals surface area contributed by atoms with Crippen LogP contribution in [0.25, 0.3) is 0 Å². The molecule has 0 amide bonds. The highest BCUT2D eigenvalue weighted by atomic mass is 19.4. The van der Waals surface area contributed by atoms with Crippen LogP contribution >= 0.6 is 0 Å².